The van der Waals surface area contributed by atoms with Gasteiger partial charge in [0.2, 0.25) is 5.95 Å². The van der Waals surface area contributed by atoms with Crippen LogP contribution in [0.5, 0.6) is 0 Å². The molecule has 0 fully saturated rings. The number of nitrogens with one attached hydrogen (secondary N) is 2. The average molecular weight is 333 g/mol. The topological polar surface area (TPSA) is 66.9 Å². The number of hydrogen-bond donors (Lipinski definition) is 2. The first-order valence-electron chi connectivity index (χ1n) is 7.59. The lowest BCUT2D eigenvalue weighted by atomic mass is 10.1. The number of carbonyl (C=O) groups is 1. The molecule has 0 aliphatic heterocycles. The van der Waals surface area contributed by atoms with E-state index in [1.54, 1.807) is 6.07 Å². The second kappa shape index (κ2) is 7.92. The van der Waals surface area contributed by atoms with E-state index in [4.69, 9.17) is 11.6 Å². The quantitative estimate of drug-likeness (QED) is 0.834. The van der Waals surface area contributed by atoms with Crippen LogP contribution in [0.2, 0.25) is 5.02 Å². The van der Waals surface area contributed by atoms with Gasteiger partial charge in [-0.1, -0.05) is 31.5 Å². The normalized spacial score (nSPS) is 10.7. The van der Waals surface area contributed by atoms with Crippen molar-refractivity contribution in [3.05, 3.63) is 46.7 Å². The Morgan fingerprint density at radius 1 is 1.26 bits per heavy atom. The fourth-order valence-electron chi connectivity index (χ4n) is 1.88. The van der Waals surface area contributed by atoms with E-state index < -0.39 is 0 Å². The predicted octanol–water partition coefficient (Wildman–Crippen LogP) is 4.15. The maximum absolute atomic E-state index is 12.2. The Balaban J connectivity index is 1.95. The van der Waals surface area contributed by atoms with Gasteiger partial charge in [-0.15, -0.1) is 0 Å². The first-order valence-corrected chi connectivity index (χ1v) is 7.97. The van der Waals surface area contributed by atoms with Gasteiger partial charge in [0.15, 0.2) is 0 Å². The predicted molar refractivity (Wildman–Crippen MR) is 94.1 cm³/mol. The van der Waals surface area contributed by atoms with Crippen molar-refractivity contribution in [2.45, 2.75) is 27.2 Å². The molecule has 1 aromatic carbocycles. The van der Waals surface area contributed by atoms with E-state index in [2.05, 4.69) is 34.4 Å². The molecule has 0 atom stereocenters. The summed E-state index contributed by atoms with van der Waals surface area (Å²) in [7, 11) is 0. The lowest BCUT2D eigenvalue weighted by Crippen LogP contribution is -2.14. The van der Waals surface area contributed by atoms with E-state index in [0.717, 1.165) is 18.5 Å². The third kappa shape index (κ3) is 5.21. The fourth-order valence-corrected chi connectivity index (χ4v) is 2.06. The average Bonchev–Trinajstić information content (AvgIpc) is 2.51. The first-order chi connectivity index (χ1) is 11.0. The van der Waals surface area contributed by atoms with Gasteiger partial charge in [-0.25, -0.2) is 9.97 Å². The van der Waals surface area contributed by atoms with Crippen molar-refractivity contribution in [3.63, 3.8) is 0 Å². The zero-order chi connectivity index (χ0) is 16.8. The molecular weight excluding hydrogens is 312 g/mol. The Kier molecular flexibility index (Phi) is 5.93. The maximum Gasteiger partial charge on any atom is 0.258 e. The molecule has 122 valence electrons. The van der Waals surface area contributed by atoms with Gasteiger partial charge in [0.05, 0.1) is 5.56 Å². The van der Waals surface area contributed by atoms with Gasteiger partial charge < -0.3 is 10.6 Å². The summed E-state index contributed by atoms with van der Waals surface area (Å²) in [4.78, 5) is 20.5. The van der Waals surface area contributed by atoms with Crippen molar-refractivity contribution in [1.82, 2.24) is 9.97 Å². The minimum absolute atomic E-state index is 0.265. The second-order valence-corrected chi connectivity index (χ2v) is 6.23. The number of halogens is 1. The number of amides is 1. The van der Waals surface area contributed by atoms with Gasteiger partial charge in [-0.2, -0.15) is 0 Å². The largest absolute Gasteiger partial charge is 0.354 e. The summed E-state index contributed by atoms with van der Waals surface area (Å²) in [5, 5.41) is 6.53. The van der Waals surface area contributed by atoms with Gasteiger partial charge in [-0.05, 0) is 37.0 Å². The summed E-state index contributed by atoms with van der Waals surface area (Å²) in [6.45, 7) is 7.04. The summed E-state index contributed by atoms with van der Waals surface area (Å²) in [5.74, 6) is 0.883. The third-order valence-electron chi connectivity index (χ3n) is 3.35. The van der Waals surface area contributed by atoms with Crippen LogP contribution in [0, 0.1) is 12.8 Å². The van der Waals surface area contributed by atoms with E-state index in [0.29, 0.717) is 28.1 Å². The standard InChI is InChI=1S/C17H21ClN4O/c1-11(2)6-7-19-17-20-9-13(10-21-17)16(23)22-14-5-4-12(3)15(18)8-14/h4-5,8-11H,6-7H2,1-3H3,(H,22,23)(H,19,20,21). The first kappa shape index (κ1) is 17.2. The van der Waals surface area contributed by atoms with Gasteiger partial charge in [0.25, 0.3) is 5.91 Å². The Morgan fingerprint density at radius 2 is 1.96 bits per heavy atom. The number of benzene rings is 1. The molecular formula is C17H21ClN4O. The van der Waals surface area contributed by atoms with Gasteiger partial charge in [0.1, 0.15) is 0 Å². The van der Waals surface area contributed by atoms with Crippen molar-refractivity contribution in [3.8, 4) is 0 Å². The molecule has 1 amide bonds. The molecule has 0 aliphatic rings. The zero-order valence-corrected chi connectivity index (χ0v) is 14.3. The molecule has 0 saturated carbocycles. The molecule has 2 aromatic rings. The van der Waals surface area contributed by atoms with Crippen LogP contribution in [0.15, 0.2) is 30.6 Å². The molecule has 0 unspecified atom stereocenters. The van der Waals surface area contributed by atoms with Crippen LogP contribution in [0.4, 0.5) is 11.6 Å². The molecule has 0 spiro atoms. The molecule has 5 nitrogen and oxygen atoms in total. The smallest absolute Gasteiger partial charge is 0.258 e. The zero-order valence-electron chi connectivity index (χ0n) is 13.6. The second-order valence-electron chi connectivity index (χ2n) is 5.82. The van der Waals surface area contributed by atoms with Gasteiger partial charge in [-0.3, -0.25) is 4.79 Å². The Hall–Kier alpha value is -2.14. The molecule has 6 heteroatoms. The molecule has 0 radical (unpaired) electrons. The lowest BCUT2D eigenvalue weighted by molar-refractivity contribution is 0.102. The Bertz CT molecular complexity index is 671. The van der Waals surface area contributed by atoms with Crippen molar-refractivity contribution >= 4 is 29.1 Å². The number of hydrogen-bond acceptors (Lipinski definition) is 4. The molecule has 0 saturated heterocycles. The Labute approximate surface area is 141 Å². The van der Waals surface area contributed by atoms with E-state index >= 15 is 0 Å². The summed E-state index contributed by atoms with van der Waals surface area (Å²) in [6, 6.07) is 5.38. The lowest BCUT2D eigenvalue weighted by Gasteiger charge is -2.08. The maximum atomic E-state index is 12.2. The minimum atomic E-state index is -0.265. The summed E-state index contributed by atoms with van der Waals surface area (Å²) >= 11 is 6.05. The number of nitrogens with zero attached hydrogens (tertiary/aromatic N) is 2. The van der Waals surface area contributed by atoms with Crippen LogP contribution in [0.25, 0.3) is 0 Å². The number of aryl methyl sites for hydroxylation is 1. The highest BCUT2D eigenvalue weighted by atomic mass is 35.5. The number of rotatable bonds is 6. The van der Waals surface area contributed by atoms with Crippen LogP contribution in [0.1, 0.15) is 36.2 Å². The van der Waals surface area contributed by atoms with Crippen LogP contribution in [-0.4, -0.2) is 22.4 Å². The van der Waals surface area contributed by atoms with Crippen LogP contribution in [-0.2, 0) is 0 Å². The van der Waals surface area contributed by atoms with Crippen LogP contribution in [0.3, 0.4) is 0 Å². The van der Waals surface area contributed by atoms with Crippen molar-refractivity contribution in [1.29, 1.82) is 0 Å². The van der Waals surface area contributed by atoms with Crippen LogP contribution >= 0.6 is 11.6 Å². The van der Waals surface area contributed by atoms with E-state index in [1.807, 2.05) is 19.1 Å². The third-order valence-corrected chi connectivity index (χ3v) is 3.76. The fraction of sp³-hybridized carbons (Fsp3) is 0.353. The van der Waals surface area contributed by atoms with Crippen LogP contribution < -0.4 is 10.6 Å². The highest BCUT2D eigenvalue weighted by Gasteiger charge is 2.08. The van der Waals surface area contributed by atoms with Gasteiger partial charge >= 0.3 is 0 Å². The number of anilines is 2. The number of aromatic nitrogens is 2. The molecule has 2 rings (SSSR count). The van der Waals surface area contributed by atoms with Gasteiger partial charge in [0, 0.05) is 29.6 Å². The molecule has 0 bridgehead atoms. The molecule has 1 aromatic heterocycles. The highest BCUT2D eigenvalue weighted by Crippen LogP contribution is 2.20. The van der Waals surface area contributed by atoms with Crippen molar-refractivity contribution in [2.24, 2.45) is 5.92 Å². The molecule has 2 N–H and O–H groups in total. The number of carbonyl (C=O) groups excluding carboxylic acids is 1. The summed E-state index contributed by atoms with van der Waals surface area (Å²) in [5.41, 5.74) is 2.01. The molecule has 0 aliphatic carbocycles. The highest BCUT2D eigenvalue weighted by molar-refractivity contribution is 6.31. The Morgan fingerprint density at radius 3 is 2.57 bits per heavy atom. The monoisotopic (exact) mass is 332 g/mol. The minimum Gasteiger partial charge on any atom is -0.354 e. The summed E-state index contributed by atoms with van der Waals surface area (Å²) < 4.78 is 0. The van der Waals surface area contributed by atoms with E-state index in [-0.39, 0.29) is 5.91 Å². The SMILES string of the molecule is Cc1ccc(NC(=O)c2cnc(NCCC(C)C)nc2)cc1Cl. The van der Waals surface area contributed by atoms with Crippen molar-refractivity contribution < 1.29 is 4.79 Å². The molecule has 23 heavy (non-hydrogen) atoms. The van der Waals surface area contributed by atoms with E-state index in [1.165, 1.54) is 12.4 Å². The molecule has 1 heterocycles. The van der Waals surface area contributed by atoms with Crippen molar-refractivity contribution in [2.75, 3.05) is 17.2 Å². The van der Waals surface area contributed by atoms with E-state index in [9.17, 15) is 4.79 Å². The summed E-state index contributed by atoms with van der Waals surface area (Å²) in [6.07, 6.45) is 4.06.